The summed E-state index contributed by atoms with van der Waals surface area (Å²) in [5, 5.41) is 0. The van der Waals surface area contributed by atoms with E-state index < -0.39 is 0 Å². The first-order chi connectivity index (χ1) is 7.78. The summed E-state index contributed by atoms with van der Waals surface area (Å²) in [6.07, 6.45) is 8.57. The van der Waals surface area contributed by atoms with Gasteiger partial charge in [-0.2, -0.15) is 0 Å². The summed E-state index contributed by atoms with van der Waals surface area (Å²) < 4.78 is 0. The highest BCUT2D eigenvalue weighted by atomic mass is 15.1. The molecule has 3 atom stereocenters. The second kappa shape index (κ2) is 6.02. The molecule has 16 heavy (non-hydrogen) atoms. The van der Waals surface area contributed by atoms with Crippen LogP contribution in [0.1, 0.15) is 45.4 Å². The molecule has 1 aliphatic carbocycles. The van der Waals surface area contributed by atoms with Crippen LogP contribution in [0.15, 0.2) is 0 Å². The highest BCUT2D eigenvalue weighted by Crippen LogP contribution is 2.30. The fourth-order valence-electron chi connectivity index (χ4n) is 3.60. The maximum atomic E-state index is 5.79. The SMILES string of the molecule is CC1CCCC(CN2CCCC(CN)C2)C1. The van der Waals surface area contributed by atoms with E-state index in [1.807, 2.05) is 0 Å². The summed E-state index contributed by atoms with van der Waals surface area (Å²) in [4.78, 5) is 2.68. The van der Waals surface area contributed by atoms with Crippen LogP contribution in [0.3, 0.4) is 0 Å². The van der Waals surface area contributed by atoms with Gasteiger partial charge in [-0.1, -0.05) is 19.8 Å². The number of rotatable bonds is 3. The van der Waals surface area contributed by atoms with Gasteiger partial charge in [-0.25, -0.2) is 0 Å². The van der Waals surface area contributed by atoms with Crippen molar-refractivity contribution in [2.45, 2.75) is 45.4 Å². The molecule has 2 aliphatic rings. The van der Waals surface area contributed by atoms with Crippen molar-refractivity contribution in [3.8, 4) is 0 Å². The standard InChI is InChI=1S/C14H28N2/c1-12-4-2-5-13(8-12)10-16-7-3-6-14(9-15)11-16/h12-14H,2-11,15H2,1H3. The number of nitrogens with zero attached hydrogens (tertiary/aromatic N) is 1. The van der Waals surface area contributed by atoms with Crippen molar-refractivity contribution in [2.24, 2.45) is 23.5 Å². The largest absolute Gasteiger partial charge is 0.330 e. The lowest BCUT2D eigenvalue weighted by Crippen LogP contribution is -2.41. The van der Waals surface area contributed by atoms with Crippen LogP contribution in [0, 0.1) is 17.8 Å². The highest BCUT2D eigenvalue weighted by Gasteiger charge is 2.24. The van der Waals surface area contributed by atoms with Gasteiger partial charge in [0.25, 0.3) is 0 Å². The maximum Gasteiger partial charge on any atom is 0.00218 e. The van der Waals surface area contributed by atoms with Crippen molar-refractivity contribution in [1.29, 1.82) is 0 Å². The Morgan fingerprint density at radius 3 is 2.69 bits per heavy atom. The quantitative estimate of drug-likeness (QED) is 0.798. The third kappa shape index (κ3) is 3.46. The molecule has 1 saturated carbocycles. The van der Waals surface area contributed by atoms with Gasteiger partial charge in [0.2, 0.25) is 0 Å². The molecule has 2 heteroatoms. The van der Waals surface area contributed by atoms with E-state index in [9.17, 15) is 0 Å². The van der Waals surface area contributed by atoms with Crippen LogP contribution in [0.4, 0.5) is 0 Å². The van der Waals surface area contributed by atoms with E-state index in [-0.39, 0.29) is 0 Å². The van der Waals surface area contributed by atoms with Crippen LogP contribution in [0.25, 0.3) is 0 Å². The van der Waals surface area contributed by atoms with E-state index in [0.29, 0.717) is 0 Å². The molecular weight excluding hydrogens is 196 g/mol. The van der Waals surface area contributed by atoms with E-state index in [4.69, 9.17) is 5.73 Å². The van der Waals surface area contributed by atoms with Crippen LogP contribution in [-0.4, -0.2) is 31.1 Å². The van der Waals surface area contributed by atoms with Gasteiger partial charge in [-0.05, 0) is 56.5 Å². The average Bonchev–Trinajstić information content (AvgIpc) is 2.29. The Bertz CT molecular complexity index is 205. The summed E-state index contributed by atoms with van der Waals surface area (Å²) in [5.41, 5.74) is 5.79. The third-order valence-corrected chi connectivity index (χ3v) is 4.50. The molecule has 0 spiro atoms. The van der Waals surface area contributed by atoms with Gasteiger partial charge >= 0.3 is 0 Å². The van der Waals surface area contributed by atoms with Crippen LogP contribution in [-0.2, 0) is 0 Å². The molecule has 2 nitrogen and oxygen atoms in total. The lowest BCUT2D eigenvalue weighted by atomic mass is 9.82. The average molecular weight is 224 g/mol. The van der Waals surface area contributed by atoms with Crippen LogP contribution in [0.2, 0.25) is 0 Å². The predicted molar refractivity (Wildman–Crippen MR) is 69.3 cm³/mol. The minimum atomic E-state index is 0.773. The molecule has 1 heterocycles. The second-order valence-electron chi connectivity index (χ2n) is 6.14. The number of hydrogen-bond acceptors (Lipinski definition) is 2. The Labute approximate surface area is 101 Å². The molecular formula is C14H28N2. The van der Waals surface area contributed by atoms with E-state index in [0.717, 1.165) is 24.3 Å². The predicted octanol–water partition coefficient (Wildman–Crippen LogP) is 2.48. The van der Waals surface area contributed by atoms with Gasteiger partial charge in [0.05, 0.1) is 0 Å². The number of piperidine rings is 1. The smallest absolute Gasteiger partial charge is 0.00218 e. The highest BCUT2D eigenvalue weighted by molar-refractivity contribution is 4.78. The molecule has 0 aromatic carbocycles. The van der Waals surface area contributed by atoms with E-state index in [1.54, 1.807) is 0 Å². The molecule has 2 rings (SSSR count). The number of hydrogen-bond donors (Lipinski definition) is 1. The van der Waals surface area contributed by atoms with Gasteiger partial charge in [-0.3, -0.25) is 0 Å². The first-order valence-electron chi connectivity index (χ1n) is 7.20. The Balaban J connectivity index is 1.75. The zero-order chi connectivity index (χ0) is 11.4. The van der Waals surface area contributed by atoms with Gasteiger partial charge in [0, 0.05) is 13.1 Å². The molecule has 0 bridgehead atoms. The molecule has 2 fully saturated rings. The molecule has 1 saturated heterocycles. The monoisotopic (exact) mass is 224 g/mol. The zero-order valence-electron chi connectivity index (χ0n) is 10.8. The molecule has 0 aromatic rings. The van der Waals surface area contributed by atoms with Crippen LogP contribution >= 0.6 is 0 Å². The lowest BCUT2D eigenvalue weighted by Gasteiger charge is -2.36. The first kappa shape index (κ1) is 12.4. The Hall–Kier alpha value is -0.0800. The number of nitrogens with two attached hydrogens (primary N) is 1. The zero-order valence-corrected chi connectivity index (χ0v) is 10.8. The van der Waals surface area contributed by atoms with Gasteiger partial charge in [0.1, 0.15) is 0 Å². The van der Waals surface area contributed by atoms with Crippen LogP contribution < -0.4 is 5.73 Å². The maximum absolute atomic E-state index is 5.79. The van der Waals surface area contributed by atoms with E-state index >= 15 is 0 Å². The van der Waals surface area contributed by atoms with Crippen molar-refractivity contribution in [3.05, 3.63) is 0 Å². The molecule has 0 amide bonds. The molecule has 3 unspecified atom stereocenters. The van der Waals surface area contributed by atoms with Crippen molar-refractivity contribution in [2.75, 3.05) is 26.2 Å². The third-order valence-electron chi connectivity index (χ3n) is 4.50. The lowest BCUT2D eigenvalue weighted by molar-refractivity contribution is 0.130. The molecule has 1 aliphatic heterocycles. The first-order valence-corrected chi connectivity index (χ1v) is 7.20. The Kier molecular flexibility index (Phi) is 4.66. The van der Waals surface area contributed by atoms with Crippen molar-refractivity contribution in [1.82, 2.24) is 4.90 Å². The van der Waals surface area contributed by atoms with Crippen LogP contribution in [0.5, 0.6) is 0 Å². The Morgan fingerprint density at radius 1 is 1.12 bits per heavy atom. The van der Waals surface area contributed by atoms with Gasteiger partial charge < -0.3 is 10.6 Å². The van der Waals surface area contributed by atoms with Gasteiger partial charge in [-0.15, -0.1) is 0 Å². The van der Waals surface area contributed by atoms with Crippen molar-refractivity contribution >= 4 is 0 Å². The fourth-order valence-corrected chi connectivity index (χ4v) is 3.60. The normalized spacial score (nSPS) is 37.5. The molecule has 0 aromatic heterocycles. The van der Waals surface area contributed by atoms with E-state index in [1.165, 1.54) is 58.2 Å². The number of likely N-dealkylation sites (tertiary alicyclic amines) is 1. The fraction of sp³-hybridized carbons (Fsp3) is 1.00. The Morgan fingerprint density at radius 2 is 1.94 bits per heavy atom. The minimum Gasteiger partial charge on any atom is -0.330 e. The van der Waals surface area contributed by atoms with Crippen molar-refractivity contribution in [3.63, 3.8) is 0 Å². The van der Waals surface area contributed by atoms with Gasteiger partial charge in [0.15, 0.2) is 0 Å². The summed E-state index contributed by atoms with van der Waals surface area (Å²) in [6.45, 7) is 7.24. The van der Waals surface area contributed by atoms with E-state index in [2.05, 4.69) is 11.8 Å². The van der Waals surface area contributed by atoms with Crippen molar-refractivity contribution < 1.29 is 0 Å². The summed E-state index contributed by atoms with van der Waals surface area (Å²) >= 11 is 0. The summed E-state index contributed by atoms with van der Waals surface area (Å²) in [5.74, 6) is 2.71. The molecule has 0 radical (unpaired) electrons. The second-order valence-corrected chi connectivity index (χ2v) is 6.14. The topological polar surface area (TPSA) is 29.3 Å². The molecule has 2 N–H and O–H groups in total. The summed E-state index contributed by atoms with van der Waals surface area (Å²) in [6, 6.07) is 0. The molecule has 94 valence electrons. The summed E-state index contributed by atoms with van der Waals surface area (Å²) in [7, 11) is 0. The minimum absolute atomic E-state index is 0.773.